The van der Waals surface area contributed by atoms with Crippen molar-refractivity contribution in [2.75, 3.05) is 34.4 Å². The van der Waals surface area contributed by atoms with Gasteiger partial charge in [0.25, 0.3) is 0 Å². The minimum Gasteiger partial charge on any atom is -0.493 e. The van der Waals surface area contributed by atoms with Gasteiger partial charge in [0.05, 0.1) is 26.0 Å². The van der Waals surface area contributed by atoms with Crippen LogP contribution in [-0.4, -0.2) is 55.7 Å². The molecule has 5 rings (SSSR count). The predicted molar refractivity (Wildman–Crippen MR) is 120 cm³/mol. The monoisotopic (exact) mass is 471 g/mol. The fourth-order valence-electron chi connectivity index (χ4n) is 4.74. The zero-order valence-electron chi connectivity index (χ0n) is 17.5. The van der Waals surface area contributed by atoms with Gasteiger partial charge in [-0.2, -0.15) is 5.10 Å². The molecule has 3 heterocycles. The number of rotatable bonds is 3. The van der Waals surface area contributed by atoms with Gasteiger partial charge < -0.3 is 19.1 Å². The first-order valence-electron chi connectivity index (χ1n) is 10.3. The Morgan fingerprint density at radius 3 is 2.57 bits per heavy atom. The van der Waals surface area contributed by atoms with Crippen LogP contribution in [0.5, 0.6) is 17.2 Å². The molecule has 3 aliphatic rings. The third-order valence-corrected chi connectivity index (χ3v) is 6.94. The van der Waals surface area contributed by atoms with Gasteiger partial charge in [-0.15, -0.1) is 0 Å². The zero-order chi connectivity index (χ0) is 20.9. The summed E-state index contributed by atoms with van der Waals surface area (Å²) in [6.45, 7) is 1.99. The lowest BCUT2D eigenvalue weighted by atomic mass is 9.91. The Balaban J connectivity index is 1.57. The van der Waals surface area contributed by atoms with Gasteiger partial charge in [-0.25, -0.2) is 5.01 Å². The first-order valence-corrected chi connectivity index (χ1v) is 11.1. The average molecular weight is 472 g/mol. The van der Waals surface area contributed by atoms with Crippen LogP contribution in [0.25, 0.3) is 0 Å². The summed E-state index contributed by atoms with van der Waals surface area (Å²) in [5.74, 6) is 2.42. The minimum atomic E-state index is -0.393. The van der Waals surface area contributed by atoms with Crippen LogP contribution < -0.4 is 14.2 Å². The maximum Gasteiger partial charge on any atom is 0.200 e. The van der Waals surface area contributed by atoms with Crippen molar-refractivity contribution in [3.63, 3.8) is 0 Å². The van der Waals surface area contributed by atoms with Gasteiger partial charge in [0.2, 0.25) is 5.72 Å². The van der Waals surface area contributed by atoms with E-state index in [1.807, 2.05) is 12.1 Å². The zero-order valence-corrected chi connectivity index (χ0v) is 19.1. The van der Waals surface area contributed by atoms with E-state index in [0.29, 0.717) is 0 Å². The number of hydrazone groups is 1. The van der Waals surface area contributed by atoms with E-state index in [4.69, 9.17) is 19.3 Å². The quantitative estimate of drug-likeness (QED) is 0.662. The summed E-state index contributed by atoms with van der Waals surface area (Å²) in [6, 6.07) is 12.5. The molecular weight excluding hydrogens is 446 g/mol. The van der Waals surface area contributed by atoms with E-state index in [2.05, 4.69) is 57.2 Å². The van der Waals surface area contributed by atoms with Crippen LogP contribution in [0, 0.1) is 0 Å². The first-order chi connectivity index (χ1) is 14.5. The normalized spacial score (nSPS) is 22.2. The van der Waals surface area contributed by atoms with E-state index >= 15 is 0 Å². The largest absolute Gasteiger partial charge is 0.493 e. The summed E-state index contributed by atoms with van der Waals surface area (Å²) in [4.78, 5) is 2.36. The van der Waals surface area contributed by atoms with Crippen LogP contribution in [0.1, 0.15) is 36.4 Å². The van der Waals surface area contributed by atoms with Gasteiger partial charge in [-0.1, -0.05) is 15.9 Å². The summed E-state index contributed by atoms with van der Waals surface area (Å²) in [6.07, 6.45) is 2.69. The molecule has 0 saturated carbocycles. The highest BCUT2D eigenvalue weighted by molar-refractivity contribution is 9.10. The highest BCUT2D eigenvalue weighted by Gasteiger charge is 2.51. The third-order valence-electron chi connectivity index (χ3n) is 6.44. The number of piperidine rings is 1. The summed E-state index contributed by atoms with van der Waals surface area (Å²) >= 11 is 3.63. The molecule has 1 saturated heterocycles. The molecule has 2 aromatic rings. The third kappa shape index (κ3) is 3.15. The molecule has 30 heavy (non-hydrogen) atoms. The molecule has 0 aliphatic carbocycles. The van der Waals surface area contributed by atoms with Gasteiger partial charge >= 0.3 is 0 Å². The summed E-state index contributed by atoms with van der Waals surface area (Å²) in [7, 11) is 5.48. The maximum absolute atomic E-state index is 6.67. The van der Waals surface area contributed by atoms with E-state index < -0.39 is 5.72 Å². The number of methoxy groups -OCH3 is 2. The van der Waals surface area contributed by atoms with Crippen LogP contribution in [0.2, 0.25) is 0 Å². The number of hydrogen-bond acceptors (Lipinski definition) is 6. The topological polar surface area (TPSA) is 46.5 Å². The van der Waals surface area contributed by atoms with Crippen molar-refractivity contribution in [1.82, 2.24) is 9.91 Å². The van der Waals surface area contributed by atoms with Crippen LogP contribution in [-0.2, 0) is 0 Å². The predicted octanol–water partition coefficient (Wildman–Crippen LogP) is 4.43. The van der Waals surface area contributed by atoms with E-state index in [-0.39, 0.29) is 6.04 Å². The summed E-state index contributed by atoms with van der Waals surface area (Å²) in [5, 5.41) is 7.37. The number of likely N-dealkylation sites (tertiary alicyclic amines) is 1. The number of fused-ring (bicyclic) bond motifs is 4. The summed E-state index contributed by atoms with van der Waals surface area (Å²) < 4.78 is 18.7. The fourth-order valence-corrected chi connectivity index (χ4v) is 5.12. The molecule has 1 spiro atoms. The molecule has 1 fully saturated rings. The minimum absolute atomic E-state index is 0.165. The van der Waals surface area contributed by atoms with Gasteiger partial charge in [0.15, 0.2) is 11.5 Å². The lowest BCUT2D eigenvalue weighted by Gasteiger charge is -2.50. The van der Waals surface area contributed by atoms with Crippen LogP contribution in [0.4, 0.5) is 0 Å². The van der Waals surface area contributed by atoms with Crippen molar-refractivity contribution in [3.05, 3.63) is 52.0 Å². The molecule has 0 radical (unpaired) electrons. The van der Waals surface area contributed by atoms with Crippen molar-refractivity contribution in [1.29, 1.82) is 0 Å². The van der Waals surface area contributed by atoms with E-state index in [1.165, 1.54) is 5.56 Å². The van der Waals surface area contributed by atoms with Crippen LogP contribution in [0.15, 0.2) is 46.0 Å². The molecule has 1 unspecified atom stereocenters. The van der Waals surface area contributed by atoms with Gasteiger partial charge in [-0.3, -0.25) is 0 Å². The van der Waals surface area contributed by atoms with Crippen molar-refractivity contribution in [3.8, 4) is 17.2 Å². The van der Waals surface area contributed by atoms with Crippen LogP contribution >= 0.6 is 15.9 Å². The molecule has 1 atom stereocenters. The Morgan fingerprint density at radius 2 is 1.83 bits per heavy atom. The first kappa shape index (κ1) is 19.7. The Labute approximate surface area is 185 Å². The molecule has 7 heteroatoms. The standard InChI is InChI=1S/C23H26BrN3O3/c1-26-10-8-23(9-11-26)27-19(17-13-16(24)5-7-20(17)30-23)14-18(25-27)15-4-6-21(28-2)22(12-15)29-3/h4-7,12-13,19H,8-11,14H2,1-3H3. The molecule has 0 amide bonds. The second kappa shape index (κ2) is 7.46. The molecule has 3 aliphatic heterocycles. The van der Waals surface area contributed by atoms with Gasteiger partial charge in [-0.05, 0) is 43.4 Å². The average Bonchev–Trinajstić information content (AvgIpc) is 3.23. The Morgan fingerprint density at radius 1 is 1.07 bits per heavy atom. The molecule has 6 nitrogen and oxygen atoms in total. The number of hydrogen-bond donors (Lipinski definition) is 0. The second-order valence-corrected chi connectivity index (χ2v) is 9.13. The Bertz CT molecular complexity index is 1000. The van der Waals surface area contributed by atoms with Gasteiger partial charge in [0.1, 0.15) is 5.75 Å². The molecular formula is C23H26BrN3O3. The molecule has 158 valence electrons. The Kier molecular flexibility index (Phi) is 4.90. The molecule has 0 N–H and O–H groups in total. The maximum atomic E-state index is 6.67. The van der Waals surface area contributed by atoms with Gasteiger partial charge in [0, 0.05) is 48.0 Å². The van der Waals surface area contributed by atoms with Crippen LogP contribution in [0.3, 0.4) is 0 Å². The fraction of sp³-hybridized carbons (Fsp3) is 0.435. The van der Waals surface area contributed by atoms with Crippen molar-refractivity contribution in [2.24, 2.45) is 5.10 Å². The lowest BCUT2D eigenvalue weighted by molar-refractivity contribution is -0.147. The molecule has 0 aromatic heterocycles. The van der Waals surface area contributed by atoms with Crippen molar-refractivity contribution >= 4 is 21.6 Å². The number of benzene rings is 2. The summed E-state index contributed by atoms with van der Waals surface area (Å²) in [5.41, 5.74) is 2.90. The second-order valence-electron chi connectivity index (χ2n) is 8.21. The number of nitrogens with zero attached hydrogens (tertiary/aromatic N) is 3. The highest BCUT2D eigenvalue weighted by Crippen LogP contribution is 2.50. The lowest BCUT2D eigenvalue weighted by Crippen LogP contribution is -2.58. The number of halogens is 1. The highest BCUT2D eigenvalue weighted by atomic mass is 79.9. The van der Waals surface area contributed by atoms with Crippen molar-refractivity contribution in [2.45, 2.75) is 31.0 Å². The molecule has 0 bridgehead atoms. The SMILES string of the molecule is COc1ccc(C2=NN3C(C2)c2cc(Br)ccc2OC32CCN(C)CC2)cc1OC. The van der Waals surface area contributed by atoms with E-state index in [0.717, 1.165) is 65.3 Å². The smallest absolute Gasteiger partial charge is 0.200 e. The van der Waals surface area contributed by atoms with E-state index in [9.17, 15) is 0 Å². The van der Waals surface area contributed by atoms with Crippen molar-refractivity contribution < 1.29 is 14.2 Å². The molecule has 2 aromatic carbocycles. The Hall–Kier alpha value is -2.25. The van der Waals surface area contributed by atoms with E-state index in [1.54, 1.807) is 14.2 Å². The number of ether oxygens (including phenoxy) is 3.